The number of alkyl halides is 1. The summed E-state index contributed by atoms with van der Waals surface area (Å²) < 4.78 is 31.2. The van der Waals surface area contributed by atoms with E-state index in [1.165, 1.54) is 0 Å². The molecular weight excluding hydrogens is 296 g/mol. The van der Waals surface area contributed by atoms with Crippen LogP contribution in [0.2, 0.25) is 0 Å². The molecule has 92 valence electrons. The highest BCUT2D eigenvalue weighted by molar-refractivity contribution is 9.10. The summed E-state index contributed by atoms with van der Waals surface area (Å²) in [5, 5.41) is 0. The number of ketones is 1. The first-order chi connectivity index (χ1) is 7.12. The van der Waals surface area contributed by atoms with Crippen molar-refractivity contribution in [2.24, 2.45) is 16.7 Å². The largest absolute Gasteiger partial charge is 0.298 e. The van der Waals surface area contributed by atoms with E-state index in [1.807, 2.05) is 6.92 Å². The Balaban J connectivity index is 2.47. The van der Waals surface area contributed by atoms with E-state index in [2.05, 4.69) is 15.9 Å². The molecule has 6 heteroatoms. The van der Waals surface area contributed by atoms with Gasteiger partial charge in [0.05, 0.1) is 10.6 Å². The standard InChI is InChI=1S/C10H15BrO4S/c1-9-4-3-6(7(11)8(9)12)10(9,2)5-16(13,14)15/h6-7H,3-5H2,1-2H3,(H,13,14,15)/t6-,7+,9+,10+/m0/s1. The Morgan fingerprint density at radius 3 is 2.44 bits per heavy atom. The zero-order valence-electron chi connectivity index (χ0n) is 9.23. The number of carbonyl (C=O) groups is 1. The molecule has 2 saturated carbocycles. The van der Waals surface area contributed by atoms with Gasteiger partial charge in [0.15, 0.2) is 5.78 Å². The highest BCUT2D eigenvalue weighted by Crippen LogP contribution is 2.65. The van der Waals surface area contributed by atoms with Crippen LogP contribution in [0.25, 0.3) is 0 Å². The van der Waals surface area contributed by atoms with Gasteiger partial charge in [0, 0.05) is 10.8 Å². The van der Waals surface area contributed by atoms with Gasteiger partial charge in [-0.25, -0.2) is 0 Å². The Morgan fingerprint density at radius 1 is 1.50 bits per heavy atom. The Bertz CT molecular complexity index is 446. The first-order valence-corrected chi connectivity index (χ1v) is 7.78. The van der Waals surface area contributed by atoms with E-state index in [-0.39, 0.29) is 22.3 Å². The number of hydrogen-bond acceptors (Lipinski definition) is 3. The van der Waals surface area contributed by atoms with E-state index in [4.69, 9.17) is 4.55 Å². The third-order valence-corrected chi connectivity index (χ3v) is 6.68. The molecule has 0 aromatic heterocycles. The van der Waals surface area contributed by atoms with Gasteiger partial charge in [-0.05, 0) is 18.8 Å². The number of rotatable bonds is 2. The van der Waals surface area contributed by atoms with Gasteiger partial charge in [-0.2, -0.15) is 8.42 Å². The lowest BCUT2D eigenvalue weighted by atomic mass is 9.70. The molecule has 0 unspecified atom stereocenters. The first kappa shape index (κ1) is 12.5. The van der Waals surface area contributed by atoms with Crippen LogP contribution in [0.15, 0.2) is 0 Å². The molecule has 2 fully saturated rings. The number of halogens is 1. The molecule has 2 bridgehead atoms. The number of carbonyl (C=O) groups excluding carboxylic acids is 1. The van der Waals surface area contributed by atoms with Crippen molar-refractivity contribution in [3.05, 3.63) is 0 Å². The zero-order chi connectivity index (χ0) is 12.4. The second-order valence-corrected chi connectivity index (χ2v) is 7.83. The lowest BCUT2D eigenvalue weighted by Crippen LogP contribution is -2.40. The van der Waals surface area contributed by atoms with E-state index in [0.717, 1.165) is 6.42 Å². The topological polar surface area (TPSA) is 71.4 Å². The number of fused-ring (bicyclic) bond motifs is 2. The van der Waals surface area contributed by atoms with Crippen molar-refractivity contribution >= 4 is 31.8 Å². The van der Waals surface area contributed by atoms with Crippen molar-refractivity contribution in [1.29, 1.82) is 0 Å². The van der Waals surface area contributed by atoms with Crippen molar-refractivity contribution in [2.45, 2.75) is 31.5 Å². The molecule has 1 N–H and O–H groups in total. The summed E-state index contributed by atoms with van der Waals surface area (Å²) in [5.74, 6) is -0.239. The lowest BCUT2D eigenvalue weighted by molar-refractivity contribution is -0.127. The summed E-state index contributed by atoms with van der Waals surface area (Å²) in [6.07, 6.45) is 1.55. The predicted octanol–water partition coefficient (Wildman–Crippen LogP) is 1.64. The van der Waals surface area contributed by atoms with Gasteiger partial charge in [0.2, 0.25) is 0 Å². The van der Waals surface area contributed by atoms with Crippen molar-refractivity contribution in [1.82, 2.24) is 0 Å². The Morgan fingerprint density at radius 2 is 2.06 bits per heavy atom. The molecule has 4 atom stereocenters. The summed E-state index contributed by atoms with van der Waals surface area (Å²) in [7, 11) is -4.05. The number of hydrogen-bond donors (Lipinski definition) is 1. The average molecular weight is 311 g/mol. The molecule has 0 amide bonds. The Hall–Kier alpha value is 0.0600. The van der Waals surface area contributed by atoms with Crippen LogP contribution in [0.4, 0.5) is 0 Å². The van der Waals surface area contributed by atoms with Crippen LogP contribution in [0.1, 0.15) is 26.7 Å². The number of Topliss-reactive ketones (excluding diaryl/α,β-unsaturated/α-hetero) is 1. The van der Waals surface area contributed by atoms with Gasteiger partial charge in [-0.1, -0.05) is 29.8 Å². The van der Waals surface area contributed by atoms with Gasteiger partial charge < -0.3 is 0 Å². The van der Waals surface area contributed by atoms with Crippen LogP contribution >= 0.6 is 15.9 Å². The third-order valence-electron chi connectivity index (χ3n) is 4.66. The first-order valence-electron chi connectivity index (χ1n) is 5.25. The molecule has 0 aromatic carbocycles. The summed E-state index contributed by atoms with van der Waals surface area (Å²) >= 11 is 3.35. The molecule has 2 aliphatic rings. The minimum absolute atomic E-state index is 0.00641. The molecule has 2 rings (SSSR count). The Labute approximate surface area is 104 Å². The highest BCUT2D eigenvalue weighted by Gasteiger charge is 2.68. The van der Waals surface area contributed by atoms with Crippen LogP contribution in [0.5, 0.6) is 0 Å². The molecule has 16 heavy (non-hydrogen) atoms. The summed E-state index contributed by atoms with van der Waals surface area (Å²) in [6, 6.07) is 0. The molecule has 2 aliphatic carbocycles. The molecule has 0 spiro atoms. The molecule has 4 nitrogen and oxygen atoms in total. The maximum atomic E-state index is 12.1. The summed E-state index contributed by atoms with van der Waals surface area (Å²) in [4.78, 5) is 11.8. The fourth-order valence-corrected chi connectivity index (χ4v) is 6.11. The second-order valence-electron chi connectivity index (χ2n) is 5.39. The van der Waals surface area contributed by atoms with E-state index in [9.17, 15) is 13.2 Å². The zero-order valence-corrected chi connectivity index (χ0v) is 11.6. The van der Waals surface area contributed by atoms with Gasteiger partial charge >= 0.3 is 0 Å². The normalized spacial score (nSPS) is 47.6. The third kappa shape index (κ3) is 1.42. The smallest absolute Gasteiger partial charge is 0.265 e. The van der Waals surface area contributed by atoms with Crippen molar-refractivity contribution in [3.63, 3.8) is 0 Å². The predicted molar refractivity (Wildman–Crippen MR) is 63.1 cm³/mol. The van der Waals surface area contributed by atoms with Crippen LogP contribution in [-0.2, 0) is 14.9 Å². The second kappa shape index (κ2) is 3.29. The van der Waals surface area contributed by atoms with E-state index in [1.54, 1.807) is 6.92 Å². The minimum atomic E-state index is -4.05. The minimum Gasteiger partial charge on any atom is -0.298 e. The van der Waals surface area contributed by atoms with E-state index >= 15 is 0 Å². The van der Waals surface area contributed by atoms with Crippen LogP contribution in [0.3, 0.4) is 0 Å². The molecule has 0 aliphatic heterocycles. The lowest BCUT2D eigenvalue weighted by Gasteiger charge is -2.35. The van der Waals surface area contributed by atoms with Crippen LogP contribution < -0.4 is 0 Å². The van der Waals surface area contributed by atoms with Crippen molar-refractivity contribution in [2.75, 3.05) is 5.75 Å². The van der Waals surface area contributed by atoms with Crippen molar-refractivity contribution in [3.8, 4) is 0 Å². The monoisotopic (exact) mass is 310 g/mol. The average Bonchev–Trinajstić information content (AvgIpc) is 2.40. The van der Waals surface area contributed by atoms with Crippen LogP contribution in [0, 0.1) is 16.7 Å². The van der Waals surface area contributed by atoms with Gasteiger partial charge in [-0.15, -0.1) is 0 Å². The molecule has 0 saturated heterocycles. The van der Waals surface area contributed by atoms with E-state index < -0.39 is 20.9 Å². The maximum absolute atomic E-state index is 12.1. The molecule has 0 heterocycles. The van der Waals surface area contributed by atoms with Gasteiger partial charge in [-0.3, -0.25) is 9.35 Å². The molecular formula is C10H15BrO4S. The quantitative estimate of drug-likeness (QED) is 0.622. The van der Waals surface area contributed by atoms with Crippen molar-refractivity contribution < 1.29 is 17.8 Å². The van der Waals surface area contributed by atoms with Gasteiger partial charge in [0.25, 0.3) is 10.1 Å². The molecule has 0 aromatic rings. The van der Waals surface area contributed by atoms with Gasteiger partial charge in [0.1, 0.15) is 0 Å². The highest BCUT2D eigenvalue weighted by atomic mass is 79.9. The summed E-state index contributed by atoms with van der Waals surface area (Å²) in [6.45, 7) is 3.62. The fraction of sp³-hybridized carbons (Fsp3) is 0.900. The Kier molecular flexibility index (Phi) is 2.58. The fourth-order valence-electron chi connectivity index (χ4n) is 3.46. The molecule has 0 radical (unpaired) electrons. The summed E-state index contributed by atoms with van der Waals surface area (Å²) in [5.41, 5.74) is -1.27. The van der Waals surface area contributed by atoms with E-state index in [0.29, 0.717) is 6.42 Å². The maximum Gasteiger partial charge on any atom is 0.265 e. The SMILES string of the molecule is C[C@@]12CC[C@@H]([C@@H](Br)C1=O)[C@@]2(C)CS(=O)(=O)O. The van der Waals surface area contributed by atoms with Crippen LogP contribution in [-0.4, -0.2) is 29.3 Å².